The van der Waals surface area contributed by atoms with Crippen LogP contribution in [0.3, 0.4) is 0 Å². The number of nitrogens with zero attached hydrogens (tertiary/aromatic N) is 1. The van der Waals surface area contributed by atoms with Gasteiger partial charge in [0.1, 0.15) is 23.1 Å². The molecule has 180 valence electrons. The summed E-state index contributed by atoms with van der Waals surface area (Å²) in [5, 5.41) is 21.2. The minimum atomic E-state index is -1.02. The maximum atomic E-state index is 13.5. The van der Waals surface area contributed by atoms with E-state index in [1.807, 2.05) is 0 Å². The number of hydrogen-bond donors (Lipinski definition) is 2. The first-order valence-corrected chi connectivity index (χ1v) is 11.5. The highest BCUT2D eigenvalue weighted by molar-refractivity contribution is 6.51. The molecule has 1 aliphatic heterocycles. The number of benzene rings is 3. The maximum absolute atomic E-state index is 13.5. The zero-order valence-corrected chi connectivity index (χ0v) is 19.3. The summed E-state index contributed by atoms with van der Waals surface area (Å²) in [5.41, 5.74) is 0.928. The molecular formula is C28H26FNO5. The number of anilines is 1. The summed E-state index contributed by atoms with van der Waals surface area (Å²) in [6.07, 6.45) is 3.10. The zero-order valence-electron chi connectivity index (χ0n) is 19.3. The van der Waals surface area contributed by atoms with Crippen molar-refractivity contribution in [2.75, 3.05) is 11.5 Å². The molecule has 1 fully saturated rings. The monoisotopic (exact) mass is 475 g/mol. The van der Waals surface area contributed by atoms with Crippen LogP contribution in [0.2, 0.25) is 0 Å². The molecule has 1 atom stereocenters. The van der Waals surface area contributed by atoms with Crippen LogP contribution >= 0.6 is 0 Å². The van der Waals surface area contributed by atoms with Gasteiger partial charge in [-0.2, -0.15) is 0 Å². The van der Waals surface area contributed by atoms with Gasteiger partial charge in [-0.05, 0) is 72.6 Å². The number of Topliss-reactive ketones (excluding diaryl/α,β-unsaturated/α-hetero) is 1. The fraction of sp³-hybridized carbons (Fsp3) is 0.214. The van der Waals surface area contributed by atoms with Crippen molar-refractivity contribution < 1.29 is 28.9 Å². The highest BCUT2D eigenvalue weighted by atomic mass is 19.1. The second-order valence-corrected chi connectivity index (χ2v) is 8.32. The number of ether oxygens (including phenoxy) is 1. The van der Waals surface area contributed by atoms with Gasteiger partial charge in [-0.15, -0.1) is 0 Å². The number of aliphatic hydroxyl groups is 1. The molecule has 2 N–H and O–H groups in total. The number of carbonyl (C=O) groups excluding carboxylic acids is 2. The van der Waals surface area contributed by atoms with E-state index in [-0.39, 0.29) is 22.8 Å². The smallest absolute Gasteiger partial charge is 0.300 e. The summed E-state index contributed by atoms with van der Waals surface area (Å²) in [7, 11) is 0. The molecule has 1 heterocycles. The molecule has 0 aliphatic carbocycles. The maximum Gasteiger partial charge on any atom is 0.300 e. The van der Waals surface area contributed by atoms with Crippen molar-refractivity contribution in [2.24, 2.45) is 0 Å². The Morgan fingerprint density at radius 3 is 2.37 bits per heavy atom. The number of hydrogen-bond acceptors (Lipinski definition) is 5. The van der Waals surface area contributed by atoms with Crippen LogP contribution in [0.15, 0.2) is 78.4 Å². The Morgan fingerprint density at radius 2 is 1.71 bits per heavy atom. The molecule has 4 rings (SSSR count). The minimum absolute atomic E-state index is 0.0585. The molecule has 1 aliphatic rings. The van der Waals surface area contributed by atoms with Gasteiger partial charge in [0, 0.05) is 11.3 Å². The normalized spacial score (nSPS) is 17.1. The molecule has 3 aromatic carbocycles. The van der Waals surface area contributed by atoms with Crippen molar-refractivity contribution in [2.45, 2.75) is 32.2 Å². The van der Waals surface area contributed by atoms with E-state index in [1.54, 1.807) is 36.4 Å². The van der Waals surface area contributed by atoms with E-state index < -0.39 is 23.5 Å². The first kappa shape index (κ1) is 24.0. The highest BCUT2D eigenvalue weighted by Crippen LogP contribution is 2.42. The van der Waals surface area contributed by atoms with Crippen LogP contribution in [0, 0.1) is 5.82 Å². The molecule has 1 amide bonds. The predicted octanol–water partition coefficient (Wildman–Crippen LogP) is 5.73. The Kier molecular flexibility index (Phi) is 7.15. The first-order chi connectivity index (χ1) is 16.9. The molecule has 0 saturated carbocycles. The fourth-order valence-electron chi connectivity index (χ4n) is 4.12. The molecule has 0 bridgehead atoms. The molecule has 35 heavy (non-hydrogen) atoms. The fourth-order valence-corrected chi connectivity index (χ4v) is 4.12. The van der Waals surface area contributed by atoms with Crippen molar-refractivity contribution >= 4 is 23.1 Å². The van der Waals surface area contributed by atoms with Crippen molar-refractivity contribution in [3.8, 4) is 11.5 Å². The quantitative estimate of drug-likeness (QED) is 0.188. The summed E-state index contributed by atoms with van der Waals surface area (Å²) in [6.45, 7) is 2.70. The van der Waals surface area contributed by atoms with Gasteiger partial charge in [-0.3, -0.25) is 14.5 Å². The van der Waals surface area contributed by atoms with E-state index in [0.717, 1.165) is 19.3 Å². The van der Waals surface area contributed by atoms with Crippen LogP contribution in [0.5, 0.6) is 11.5 Å². The van der Waals surface area contributed by atoms with Crippen molar-refractivity contribution in [1.82, 2.24) is 0 Å². The Bertz CT molecular complexity index is 1250. The Morgan fingerprint density at radius 1 is 1.00 bits per heavy atom. The molecule has 0 aromatic heterocycles. The number of phenolic OH excluding ortho intramolecular Hbond substituents is 1. The third-order valence-electron chi connectivity index (χ3n) is 5.88. The van der Waals surface area contributed by atoms with Crippen molar-refractivity contribution in [3.63, 3.8) is 0 Å². The van der Waals surface area contributed by atoms with Crippen LogP contribution in [-0.2, 0) is 9.59 Å². The number of ketones is 1. The SMILES string of the molecule is CCCCCOc1ccc(/C(O)=C2/C(=O)C(=O)N(c3ccc(F)cc3)C2c2cccc(O)c2)cc1. The Balaban J connectivity index is 1.75. The molecule has 0 spiro atoms. The summed E-state index contributed by atoms with van der Waals surface area (Å²) in [5.74, 6) is -2.00. The van der Waals surface area contributed by atoms with E-state index in [4.69, 9.17) is 4.74 Å². The van der Waals surface area contributed by atoms with E-state index >= 15 is 0 Å². The van der Waals surface area contributed by atoms with Crippen LogP contribution < -0.4 is 9.64 Å². The van der Waals surface area contributed by atoms with Crippen LogP contribution in [0.25, 0.3) is 5.76 Å². The number of rotatable bonds is 8. The molecule has 0 radical (unpaired) electrons. The average molecular weight is 476 g/mol. The van der Waals surface area contributed by atoms with Crippen LogP contribution in [0.4, 0.5) is 10.1 Å². The summed E-state index contributed by atoms with van der Waals surface area (Å²) in [6, 6.07) is 16.9. The van der Waals surface area contributed by atoms with Gasteiger partial charge in [0.2, 0.25) is 0 Å². The molecule has 1 unspecified atom stereocenters. The average Bonchev–Trinajstić information content (AvgIpc) is 3.13. The van der Waals surface area contributed by atoms with Gasteiger partial charge in [-0.1, -0.05) is 31.9 Å². The lowest BCUT2D eigenvalue weighted by Crippen LogP contribution is -2.29. The van der Waals surface area contributed by atoms with Gasteiger partial charge in [0.05, 0.1) is 18.2 Å². The lowest BCUT2D eigenvalue weighted by molar-refractivity contribution is -0.132. The van der Waals surface area contributed by atoms with Gasteiger partial charge in [0.25, 0.3) is 11.7 Å². The Hall–Kier alpha value is -4.13. The molecule has 1 saturated heterocycles. The van der Waals surface area contributed by atoms with Crippen molar-refractivity contribution in [1.29, 1.82) is 0 Å². The van der Waals surface area contributed by atoms with Crippen LogP contribution in [0.1, 0.15) is 43.4 Å². The largest absolute Gasteiger partial charge is 0.508 e. The minimum Gasteiger partial charge on any atom is -0.508 e. The van der Waals surface area contributed by atoms with Crippen LogP contribution in [-0.4, -0.2) is 28.5 Å². The van der Waals surface area contributed by atoms with Gasteiger partial charge < -0.3 is 14.9 Å². The van der Waals surface area contributed by atoms with Crippen molar-refractivity contribution in [3.05, 3.63) is 95.3 Å². The topological polar surface area (TPSA) is 87.1 Å². The molecule has 6 nitrogen and oxygen atoms in total. The van der Waals surface area contributed by atoms with Gasteiger partial charge >= 0.3 is 0 Å². The molecular weight excluding hydrogens is 449 g/mol. The molecule has 3 aromatic rings. The standard InChI is InChI=1S/C28H26FNO5/c1-2-3-4-16-35-23-14-8-18(9-15-23)26(32)24-25(19-6-5-7-22(31)17-19)30(28(34)27(24)33)21-12-10-20(29)11-13-21/h5-15,17,25,31-32H,2-4,16H2,1H3/b26-24-. The second-order valence-electron chi connectivity index (χ2n) is 8.32. The number of unbranched alkanes of at least 4 members (excludes halogenated alkanes) is 2. The summed E-state index contributed by atoms with van der Waals surface area (Å²) < 4.78 is 19.2. The lowest BCUT2D eigenvalue weighted by atomic mass is 9.95. The van der Waals surface area contributed by atoms with Gasteiger partial charge in [-0.25, -0.2) is 4.39 Å². The van der Waals surface area contributed by atoms with Gasteiger partial charge in [0.15, 0.2) is 0 Å². The van der Waals surface area contributed by atoms with E-state index in [9.17, 15) is 24.2 Å². The third-order valence-corrected chi connectivity index (χ3v) is 5.88. The zero-order chi connectivity index (χ0) is 24.9. The number of phenols is 1. The summed E-state index contributed by atoms with van der Waals surface area (Å²) in [4.78, 5) is 27.4. The Labute approximate surface area is 202 Å². The first-order valence-electron chi connectivity index (χ1n) is 11.5. The lowest BCUT2D eigenvalue weighted by Gasteiger charge is -2.25. The number of aromatic hydroxyl groups is 1. The second kappa shape index (κ2) is 10.4. The third kappa shape index (κ3) is 5.04. The number of amides is 1. The summed E-state index contributed by atoms with van der Waals surface area (Å²) >= 11 is 0. The van der Waals surface area contributed by atoms with E-state index in [0.29, 0.717) is 23.5 Å². The van der Waals surface area contributed by atoms with E-state index in [2.05, 4.69) is 6.92 Å². The number of halogens is 1. The number of aliphatic hydroxyl groups excluding tert-OH is 1. The van der Waals surface area contributed by atoms with E-state index in [1.165, 1.54) is 41.3 Å². The number of carbonyl (C=O) groups is 2. The molecule has 7 heteroatoms. The predicted molar refractivity (Wildman–Crippen MR) is 131 cm³/mol. The highest BCUT2D eigenvalue weighted by Gasteiger charge is 2.47.